The summed E-state index contributed by atoms with van der Waals surface area (Å²) in [6.07, 6.45) is 0.410. The molecule has 3 nitrogen and oxygen atoms in total. The van der Waals surface area contributed by atoms with Gasteiger partial charge in [-0.3, -0.25) is 4.79 Å². The fraction of sp³-hybridized carbons (Fsp3) is 0.300. The molecule has 0 saturated heterocycles. The van der Waals surface area contributed by atoms with Crippen molar-refractivity contribution in [3.8, 4) is 0 Å². The van der Waals surface area contributed by atoms with E-state index in [9.17, 15) is 4.79 Å². The monoisotopic (exact) mass is 292 g/mol. The van der Waals surface area contributed by atoms with Gasteiger partial charge in [0.2, 0.25) is 5.91 Å². The van der Waals surface area contributed by atoms with E-state index in [4.69, 9.17) is 5.73 Å². The van der Waals surface area contributed by atoms with Gasteiger partial charge in [0.1, 0.15) is 0 Å². The molecule has 1 amide bonds. The van der Waals surface area contributed by atoms with Crippen LogP contribution in [0.1, 0.15) is 5.56 Å². The number of rotatable bonds is 4. The van der Waals surface area contributed by atoms with E-state index in [1.54, 1.807) is 0 Å². The third-order valence-corrected chi connectivity index (χ3v) is 2.27. The molecule has 0 aliphatic carbocycles. The maximum Gasteiger partial charge on any atom is 0.224 e. The lowest BCUT2D eigenvalue weighted by Crippen LogP contribution is -2.30. The zero-order chi connectivity index (χ0) is 10.4. The highest BCUT2D eigenvalue weighted by Gasteiger charge is 2.01. The number of nitrogens with one attached hydrogen (secondary N) is 1. The Labute approximate surface area is 104 Å². The number of halogens is 2. The molecule has 0 aromatic heterocycles. The van der Waals surface area contributed by atoms with Crippen LogP contribution in [0.5, 0.6) is 0 Å². The second kappa shape index (κ2) is 7.68. The number of hydrogen-bond acceptors (Lipinski definition) is 2. The van der Waals surface area contributed by atoms with E-state index in [-0.39, 0.29) is 18.3 Å². The molecule has 0 radical (unpaired) electrons. The van der Waals surface area contributed by atoms with Crippen LogP contribution < -0.4 is 11.1 Å². The summed E-state index contributed by atoms with van der Waals surface area (Å²) in [5.74, 6) is 0.0118. The number of amides is 1. The molecule has 3 N–H and O–H groups in total. The van der Waals surface area contributed by atoms with Gasteiger partial charge in [0.05, 0.1) is 6.42 Å². The summed E-state index contributed by atoms with van der Waals surface area (Å²) in [6, 6.07) is 7.69. The third-order valence-electron chi connectivity index (χ3n) is 1.74. The quantitative estimate of drug-likeness (QED) is 0.884. The van der Waals surface area contributed by atoms with Crippen molar-refractivity contribution in [2.24, 2.45) is 5.73 Å². The minimum absolute atomic E-state index is 0. The van der Waals surface area contributed by atoms with Crippen LogP contribution in [0.25, 0.3) is 0 Å². The Morgan fingerprint density at radius 2 is 1.93 bits per heavy atom. The summed E-state index contributed by atoms with van der Waals surface area (Å²) in [7, 11) is 0. The largest absolute Gasteiger partial charge is 0.355 e. The van der Waals surface area contributed by atoms with Crippen molar-refractivity contribution in [1.29, 1.82) is 0 Å². The number of nitrogens with two attached hydrogens (primary N) is 1. The SMILES string of the molecule is Cl.NCCNC(=O)Cc1ccc(Br)cc1. The zero-order valence-corrected chi connectivity index (χ0v) is 10.6. The van der Waals surface area contributed by atoms with Gasteiger partial charge in [-0.15, -0.1) is 12.4 Å². The highest BCUT2D eigenvalue weighted by atomic mass is 79.9. The van der Waals surface area contributed by atoms with Gasteiger partial charge >= 0.3 is 0 Å². The Hall–Kier alpha value is -0.580. The average Bonchev–Trinajstić information content (AvgIpc) is 2.18. The molecule has 0 spiro atoms. The van der Waals surface area contributed by atoms with Gasteiger partial charge in [-0.25, -0.2) is 0 Å². The Morgan fingerprint density at radius 3 is 2.47 bits per heavy atom. The molecule has 0 aliphatic rings. The van der Waals surface area contributed by atoms with E-state index < -0.39 is 0 Å². The molecule has 0 aliphatic heterocycles. The first-order valence-electron chi connectivity index (χ1n) is 4.43. The molecular weight excluding hydrogens is 279 g/mol. The average molecular weight is 294 g/mol. The van der Waals surface area contributed by atoms with E-state index in [0.29, 0.717) is 19.5 Å². The Morgan fingerprint density at radius 1 is 1.33 bits per heavy atom. The maximum absolute atomic E-state index is 11.3. The second-order valence-electron chi connectivity index (χ2n) is 2.94. The molecule has 1 aromatic rings. The third kappa shape index (κ3) is 5.77. The predicted octanol–water partition coefficient (Wildman–Crippen LogP) is 1.49. The van der Waals surface area contributed by atoms with Gasteiger partial charge in [0.15, 0.2) is 0 Å². The molecule has 0 saturated carbocycles. The molecular formula is C10H14BrClN2O. The summed E-state index contributed by atoms with van der Waals surface area (Å²) < 4.78 is 1.02. The fourth-order valence-corrected chi connectivity index (χ4v) is 1.33. The molecule has 1 aromatic carbocycles. The first-order valence-corrected chi connectivity index (χ1v) is 5.23. The first kappa shape index (κ1) is 14.4. The van der Waals surface area contributed by atoms with Crippen LogP contribution in [0.2, 0.25) is 0 Å². The maximum atomic E-state index is 11.3. The fourth-order valence-electron chi connectivity index (χ4n) is 1.06. The van der Waals surface area contributed by atoms with E-state index in [0.717, 1.165) is 10.0 Å². The summed E-state index contributed by atoms with van der Waals surface area (Å²) in [5, 5.41) is 2.72. The summed E-state index contributed by atoms with van der Waals surface area (Å²) in [5.41, 5.74) is 6.27. The van der Waals surface area contributed by atoms with E-state index in [1.165, 1.54) is 0 Å². The van der Waals surface area contributed by atoms with Crippen LogP contribution >= 0.6 is 28.3 Å². The van der Waals surface area contributed by atoms with Crippen LogP contribution in [0.4, 0.5) is 0 Å². The van der Waals surface area contributed by atoms with Crippen molar-refractivity contribution < 1.29 is 4.79 Å². The van der Waals surface area contributed by atoms with Gasteiger partial charge in [0.25, 0.3) is 0 Å². The molecule has 0 bridgehead atoms. The van der Waals surface area contributed by atoms with E-state index >= 15 is 0 Å². The highest BCUT2D eigenvalue weighted by Crippen LogP contribution is 2.10. The van der Waals surface area contributed by atoms with Crippen LogP contribution in [0.3, 0.4) is 0 Å². The standard InChI is InChI=1S/C10H13BrN2O.ClH/c11-9-3-1-8(2-4-9)7-10(14)13-6-5-12;/h1-4H,5-7,12H2,(H,13,14);1H. The minimum atomic E-state index is 0. The highest BCUT2D eigenvalue weighted by molar-refractivity contribution is 9.10. The second-order valence-corrected chi connectivity index (χ2v) is 3.86. The number of benzene rings is 1. The Balaban J connectivity index is 0.00000196. The Bertz CT molecular complexity index is 303. The predicted molar refractivity (Wildman–Crippen MR) is 67.2 cm³/mol. The van der Waals surface area contributed by atoms with Gasteiger partial charge < -0.3 is 11.1 Å². The normalized spacial score (nSPS) is 9.20. The van der Waals surface area contributed by atoms with Crippen LogP contribution in [0, 0.1) is 0 Å². The van der Waals surface area contributed by atoms with Crippen molar-refractivity contribution in [2.45, 2.75) is 6.42 Å². The van der Waals surface area contributed by atoms with Gasteiger partial charge in [-0.05, 0) is 17.7 Å². The lowest BCUT2D eigenvalue weighted by atomic mass is 10.1. The van der Waals surface area contributed by atoms with Crippen LogP contribution in [-0.2, 0) is 11.2 Å². The van der Waals surface area contributed by atoms with Gasteiger partial charge in [0, 0.05) is 17.6 Å². The number of carbonyl (C=O) groups excluding carboxylic acids is 1. The lowest BCUT2D eigenvalue weighted by Gasteiger charge is -2.03. The van der Waals surface area contributed by atoms with Crippen molar-refractivity contribution in [3.63, 3.8) is 0 Å². The molecule has 0 fully saturated rings. The molecule has 84 valence electrons. The van der Waals surface area contributed by atoms with Crippen molar-refractivity contribution >= 4 is 34.2 Å². The molecule has 0 heterocycles. The molecule has 0 unspecified atom stereocenters. The van der Waals surface area contributed by atoms with Gasteiger partial charge in [-0.2, -0.15) is 0 Å². The molecule has 1 rings (SSSR count). The number of carbonyl (C=O) groups is 1. The van der Waals surface area contributed by atoms with E-state index in [1.807, 2.05) is 24.3 Å². The first-order chi connectivity index (χ1) is 6.72. The molecule has 0 atom stereocenters. The summed E-state index contributed by atoms with van der Waals surface area (Å²) >= 11 is 3.34. The van der Waals surface area contributed by atoms with Crippen molar-refractivity contribution in [2.75, 3.05) is 13.1 Å². The van der Waals surface area contributed by atoms with Gasteiger partial charge in [-0.1, -0.05) is 28.1 Å². The Kier molecular flexibility index (Phi) is 7.38. The van der Waals surface area contributed by atoms with Crippen molar-refractivity contribution in [1.82, 2.24) is 5.32 Å². The number of hydrogen-bond donors (Lipinski definition) is 2. The summed E-state index contributed by atoms with van der Waals surface area (Å²) in [6.45, 7) is 1.02. The topological polar surface area (TPSA) is 55.1 Å². The molecule has 5 heteroatoms. The smallest absolute Gasteiger partial charge is 0.224 e. The lowest BCUT2D eigenvalue weighted by molar-refractivity contribution is -0.120. The summed E-state index contributed by atoms with van der Waals surface area (Å²) in [4.78, 5) is 11.3. The van der Waals surface area contributed by atoms with E-state index in [2.05, 4.69) is 21.2 Å². The minimum Gasteiger partial charge on any atom is -0.355 e. The van der Waals surface area contributed by atoms with Crippen molar-refractivity contribution in [3.05, 3.63) is 34.3 Å². The van der Waals surface area contributed by atoms with Crippen LogP contribution in [-0.4, -0.2) is 19.0 Å². The molecule has 15 heavy (non-hydrogen) atoms. The zero-order valence-electron chi connectivity index (χ0n) is 8.20. The van der Waals surface area contributed by atoms with Crippen LogP contribution in [0.15, 0.2) is 28.7 Å².